The van der Waals surface area contributed by atoms with Crippen LogP contribution in [0, 0.1) is 11.6 Å². The van der Waals surface area contributed by atoms with Gasteiger partial charge in [0.25, 0.3) is 11.1 Å². The number of hydrogen-bond acceptors (Lipinski definition) is 4. The zero-order chi connectivity index (χ0) is 14.0. The fourth-order valence-electron chi connectivity index (χ4n) is 1.63. The van der Waals surface area contributed by atoms with Crippen LogP contribution in [0.25, 0.3) is 6.08 Å². The highest BCUT2D eigenvalue weighted by molar-refractivity contribution is 8.18. The van der Waals surface area contributed by atoms with Gasteiger partial charge in [0.2, 0.25) is 0 Å². The van der Waals surface area contributed by atoms with Crippen molar-refractivity contribution in [1.29, 1.82) is 0 Å². The number of carbonyl (C=O) groups excluding carboxylic acids is 2. The molecule has 1 aromatic rings. The molecule has 0 unspecified atom stereocenters. The Hall–Kier alpha value is -1.73. The Labute approximate surface area is 112 Å². The molecule has 0 spiro atoms. The smallest absolute Gasteiger partial charge is 0.293 e. The summed E-state index contributed by atoms with van der Waals surface area (Å²) < 4.78 is 26.0. The van der Waals surface area contributed by atoms with E-state index in [0.29, 0.717) is 0 Å². The summed E-state index contributed by atoms with van der Waals surface area (Å²) in [6.07, 6.45) is 1.29. The van der Waals surface area contributed by atoms with Crippen LogP contribution < -0.4 is 5.73 Å². The number of imide groups is 1. The molecule has 2 amide bonds. The van der Waals surface area contributed by atoms with Crippen LogP contribution in [0.2, 0.25) is 0 Å². The Morgan fingerprint density at radius 1 is 1.21 bits per heavy atom. The topological polar surface area (TPSA) is 63.4 Å². The van der Waals surface area contributed by atoms with E-state index < -0.39 is 22.8 Å². The minimum Gasteiger partial charge on any atom is -0.329 e. The van der Waals surface area contributed by atoms with Crippen LogP contribution in [0.1, 0.15) is 5.56 Å². The van der Waals surface area contributed by atoms with Gasteiger partial charge in [0.1, 0.15) is 11.6 Å². The second-order valence-corrected chi connectivity index (χ2v) is 4.82. The first-order chi connectivity index (χ1) is 9.01. The van der Waals surface area contributed by atoms with Crippen LogP contribution >= 0.6 is 11.8 Å². The molecule has 0 saturated carbocycles. The second kappa shape index (κ2) is 5.50. The fourth-order valence-corrected chi connectivity index (χ4v) is 2.50. The number of amides is 2. The Balaban J connectivity index is 2.29. The van der Waals surface area contributed by atoms with E-state index in [-0.39, 0.29) is 23.6 Å². The van der Waals surface area contributed by atoms with Gasteiger partial charge in [-0.05, 0) is 35.5 Å². The summed E-state index contributed by atoms with van der Waals surface area (Å²) in [5.74, 6) is -1.98. The molecular weight excluding hydrogens is 274 g/mol. The molecule has 100 valence electrons. The van der Waals surface area contributed by atoms with E-state index in [1.807, 2.05) is 0 Å². The molecular formula is C12H10F2N2O2S. The van der Waals surface area contributed by atoms with E-state index >= 15 is 0 Å². The molecule has 0 radical (unpaired) electrons. The number of thioether (sulfide) groups is 1. The van der Waals surface area contributed by atoms with Gasteiger partial charge in [0.05, 0.1) is 4.91 Å². The zero-order valence-electron chi connectivity index (χ0n) is 9.73. The van der Waals surface area contributed by atoms with Crippen molar-refractivity contribution in [2.45, 2.75) is 0 Å². The highest BCUT2D eigenvalue weighted by atomic mass is 32.2. The third-order valence-electron chi connectivity index (χ3n) is 2.41. The molecule has 0 bridgehead atoms. The molecule has 2 rings (SSSR count). The molecule has 1 fully saturated rings. The predicted octanol–water partition coefficient (Wildman–Crippen LogP) is 1.96. The lowest BCUT2D eigenvalue weighted by Gasteiger charge is -2.09. The molecule has 0 aromatic heterocycles. The van der Waals surface area contributed by atoms with Crippen LogP contribution in [-0.2, 0) is 4.79 Å². The number of nitrogens with zero attached hydrogens (tertiary/aromatic N) is 1. The minimum atomic E-state index is -0.743. The molecule has 1 saturated heterocycles. The zero-order valence-corrected chi connectivity index (χ0v) is 10.5. The largest absolute Gasteiger partial charge is 0.329 e. The second-order valence-electron chi connectivity index (χ2n) is 3.82. The van der Waals surface area contributed by atoms with E-state index in [9.17, 15) is 18.4 Å². The summed E-state index contributed by atoms with van der Waals surface area (Å²) in [5, 5.41) is -0.432. The molecule has 19 heavy (non-hydrogen) atoms. The van der Waals surface area contributed by atoms with Gasteiger partial charge in [-0.2, -0.15) is 0 Å². The lowest BCUT2D eigenvalue weighted by Crippen LogP contribution is -2.33. The third kappa shape index (κ3) is 2.99. The molecule has 1 aromatic carbocycles. The van der Waals surface area contributed by atoms with Crippen molar-refractivity contribution in [3.63, 3.8) is 0 Å². The first-order valence-electron chi connectivity index (χ1n) is 5.43. The summed E-state index contributed by atoms with van der Waals surface area (Å²) in [6.45, 7) is 0.291. The summed E-state index contributed by atoms with van der Waals surface area (Å²) in [4.78, 5) is 24.5. The van der Waals surface area contributed by atoms with Crippen LogP contribution in [0.5, 0.6) is 0 Å². The van der Waals surface area contributed by atoms with E-state index in [1.165, 1.54) is 6.08 Å². The Kier molecular flexibility index (Phi) is 3.96. The number of benzene rings is 1. The highest BCUT2D eigenvalue weighted by Crippen LogP contribution is 2.31. The van der Waals surface area contributed by atoms with Gasteiger partial charge in [-0.3, -0.25) is 14.5 Å². The summed E-state index contributed by atoms with van der Waals surface area (Å²) in [6, 6.07) is 2.90. The maximum atomic E-state index is 13.0. The number of nitrogens with two attached hydrogens (primary N) is 1. The van der Waals surface area contributed by atoms with Crippen LogP contribution in [0.3, 0.4) is 0 Å². The standard InChI is InChI=1S/C12H10F2N2O2S/c13-8-3-7(4-9(14)6-8)5-10-11(17)16(2-1-15)12(18)19-10/h3-6H,1-2,15H2/b10-5+. The van der Waals surface area contributed by atoms with Gasteiger partial charge >= 0.3 is 0 Å². The average Bonchev–Trinajstić information content (AvgIpc) is 2.56. The summed E-state index contributed by atoms with van der Waals surface area (Å²) in [7, 11) is 0. The van der Waals surface area contributed by atoms with Gasteiger partial charge in [-0.25, -0.2) is 8.78 Å². The summed E-state index contributed by atoms with van der Waals surface area (Å²) in [5.41, 5.74) is 5.49. The molecule has 4 nitrogen and oxygen atoms in total. The number of carbonyl (C=O) groups is 2. The van der Waals surface area contributed by atoms with Crippen molar-refractivity contribution in [2.75, 3.05) is 13.1 Å². The van der Waals surface area contributed by atoms with Gasteiger partial charge < -0.3 is 5.73 Å². The van der Waals surface area contributed by atoms with Crippen molar-refractivity contribution >= 4 is 29.0 Å². The Morgan fingerprint density at radius 2 is 1.84 bits per heavy atom. The normalized spacial score (nSPS) is 17.6. The number of rotatable bonds is 3. The maximum absolute atomic E-state index is 13.0. The first kappa shape index (κ1) is 13.7. The van der Waals surface area contributed by atoms with E-state index in [1.54, 1.807) is 0 Å². The number of halogens is 2. The third-order valence-corrected chi connectivity index (χ3v) is 3.32. The van der Waals surface area contributed by atoms with E-state index in [0.717, 1.165) is 34.9 Å². The minimum absolute atomic E-state index is 0.125. The van der Waals surface area contributed by atoms with Gasteiger partial charge in [0, 0.05) is 19.2 Å². The van der Waals surface area contributed by atoms with Crippen molar-refractivity contribution in [1.82, 2.24) is 4.90 Å². The molecule has 7 heteroatoms. The Morgan fingerprint density at radius 3 is 2.42 bits per heavy atom. The van der Waals surface area contributed by atoms with Crippen molar-refractivity contribution in [3.8, 4) is 0 Å². The van der Waals surface area contributed by atoms with Gasteiger partial charge in [0.15, 0.2) is 0 Å². The van der Waals surface area contributed by atoms with Crippen molar-refractivity contribution in [3.05, 3.63) is 40.3 Å². The van der Waals surface area contributed by atoms with Crippen LogP contribution in [0.15, 0.2) is 23.1 Å². The number of hydrogen-bond donors (Lipinski definition) is 1. The monoisotopic (exact) mass is 284 g/mol. The lowest BCUT2D eigenvalue weighted by molar-refractivity contribution is -0.122. The van der Waals surface area contributed by atoms with Crippen LogP contribution in [0.4, 0.5) is 13.6 Å². The molecule has 0 aliphatic carbocycles. The first-order valence-corrected chi connectivity index (χ1v) is 6.24. The van der Waals surface area contributed by atoms with E-state index in [4.69, 9.17) is 5.73 Å². The molecule has 2 N–H and O–H groups in total. The predicted molar refractivity (Wildman–Crippen MR) is 68.1 cm³/mol. The summed E-state index contributed by atoms with van der Waals surface area (Å²) >= 11 is 0.726. The van der Waals surface area contributed by atoms with Crippen LogP contribution in [-0.4, -0.2) is 29.1 Å². The van der Waals surface area contributed by atoms with Crippen molar-refractivity contribution in [2.24, 2.45) is 5.73 Å². The quantitative estimate of drug-likeness (QED) is 0.862. The molecule has 0 atom stereocenters. The molecule has 1 aliphatic heterocycles. The van der Waals surface area contributed by atoms with Gasteiger partial charge in [-0.1, -0.05) is 0 Å². The highest BCUT2D eigenvalue weighted by Gasteiger charge is 2.34. The molecule has 1 aliphatic rings. The average molecular weight is 284 g/mol. The Bertz CT molecular complexity index is 555. The van der Waals surface area contributed by atoms with Gasteiger partial charge in [-0.15, -0.1) is 0 Å². The fraction of sp³-hybridized carbons (Fsp3) is 0.167. The van der Waals surface area contributed by atoms with Crippen molar-refractivity contribution < 1.29 is 18.4 Å². The SMILES string of the molecule is NCCN1C(=O)S/C(=C/c2cc(F)cc(F)c2)C1=O. The van der Waals surface area contributed by atoms with E-state index in [2.05, 4.69) is 0 Å². The maximum Gasteiger partial charge on any atom is 0.293 e. The molecule has 1 heterocycles. The lowest BCUT2D eigenvalue weighted by atomic mass is 10.2.